The minimum Gasteiger partial charge on any atom is -0.481 e. The van der Waals surface area contributed by atoms with Crippen molar-refractivity contribution in [2.45, 2.75) is 33.2 Å². The molecular formula is C17H23NO. The second-order valence-electron chi connectivity index (χ2n) is 5.72. The molecule has 0 aliphatic heterocycles. The van der Waals surface area contributed by atoms with Crippen molar-refractivity contribution in [3.63, 3.8) is 0 Å². The van der Waals surface area contributed by atoms with Crippen molar-refractivity contribution in [3.05, 3.63) is 29.8 Å². The molecule has 2 rings (SSSR count). The van der Waals surface area contributed by atoms with Crippen LogP contribution >= 0.6 is 0 Å². The van der Waals surface area contributed by atoms with Gasteiger partial charge in [-0.2, -0.15) is 0 Å². The average Bonchev–Trinajstić information content (AvgIpc) is 3.19. The highest BCUT2D eigenvalue weighted by Gasteiger charge is 2.44. The van der Waals surface area contributed by atoms with E-state index in [0.29, 0.717) is 12.0 Å². The summed E-state index contributed by atoms with van der Waals surface area (Å²) in [7, 11) is 0. The fourth-order valence-corrected chi connectivity index (χ4v) is 2.48. The molecule has 0 aromatic heterocycles. The molecule has 1 aliphatic rings. The predicted octanol–water partition coefficient (Wildman–Crippen LogP) is 3.22. The lowest BCUT2D eigenvalue weighted by Gasteiger charge is -2.20. The third-order valence-electron chi connectivity index (χ3n) is 4.19. The Morgan fingerprint density at radius 3 is 2.74 bits per heavy atom. The van der Waals surface area contributed by atoms with E-state index in [1.165, 1.54) is 18.4 Å². The Labute approximate surface area is 116 Å². The summed E-state index contributed by atoms with van der Waals surface area (Å²) in [5.74, 6) is 4.15. The highest BCUT2D eigenvalue weighted by atomic mass is 16.5. The third kappa shape index (κ3) is 3.52. The molecule has 1 aromatic carbocycles. The number of nitrogens with one attached hydrogen (secondary N) is 1. The fourth-order valence-electron chi connectivity index (χ4n) is 2.48. The average molecular weight is 257 g/mol. The lowest BCUT2D eigenvalue weighted by molar-refractivity contribution is 0.333. The highest BCUT2D eigenvalue weighted by molar-refractivity contribution is 5.33. The van der Waals surface area contributed by atoms with Gasteiger partial charge in [-0.3, -0.25) is 0 Å². The van der Waals surface area contributed by atoms with Crippen molar-refractivity contribution >= 4 is 0 Å². The van der Waals surface area contributed by atoms with E-state index in [-0.39, 0.29) is 0 Å². The number of hydrogen-bond acceptors (Lipinski definition) is 2. The highest BCUT2D eigenvalue weighted by Crippen LogP contribution is 2.51. The van der Waals surface area contributed by atoms with Gasteiger partial charge in [-0.05, 0) is 30.2 Å². The van der Waals surface area contributed by atoms with Crippen molar-refractivity contribution in [1.29, 1.82) is 0 Å². The van der Waals surface area contributed by atoms with Crippen molar-refractivity contribution in [1.82, 2.24) is 5.32 Å². The number of rotatable bonds is 7. The number of para-hydroxylation sites is 1. The smallest absolute Gasteiger partial charge is 0.148 e. The van der Waals surface area contributed by atoms with Crippen LogP contribution in [0, 0.1) is 23.7 Å². The van der Waals surface area contributed by atoms with Gasteiger partial charge in [0, 0.05) is 18.7 Å². The molecule has 0 spiro atoms. The Balaban J connectivity index is 1.87. The Kier molecular flexibility index (Phi) is 4.50. The maximum Gasteiger partial charge on any atom is 0.148 e. The van der Waals surface area contributed by atoms with Crippen molar-refractivity contribution in [2.24, 2.45) is 11.3 Å². The largest absolute Gasteiger partial charge is 0.481 e. The lowest BCUT2D eigenvalue weighted by atomic mass is 9.92. The molecule has 1 saturated carbocycles. The Morgan fingerprint density at radius 1 is 1.37 bits per heavy atom. The maximum absolute atomic E-state index is 5.56. The number of hydrogen-bond donors (Lipinski definition) is 1. The van der Waals surface area contributed by atoms with E-state index in [4.69, 9.17) is 11.2 Å². The number of terminal acetylenes is 1. The Morgan fingerprint density at radius 2 is 2.11 bits per heavy atom. The summed E-state index contributed by atoms with van der Waals surface area (Å²) < 4.78 is 5.56. The van der Waals surface area contributed by atoms with Crippen LogP contribution in [0.2, 0.25) is 0 Å². The van der Waals surface area contributed by atoms with Crippen LogP contribution in [0.5, 0.6) is 5.75 Å². The van der Waals surface area contributed by atoms with Gasteiger partial charge in [0.15, 0.2) is 0 Å². The van der Waals surface area contributed by atoms with Gasteiger partial charge in [-0.25, -0.2) is 0 Å². The normalized spacial score (nSPS) is 16.1. The molecule has 0 amide bonds. The second kappa shape index (κ2) is 6.12. The number of ether oxygens (including phenoxy) is 1. The molecule has 1 fully saturated rings. The molecule has 0 atom stereocenters. The van der Waals surface area contributed by atoms with Crippen LogP contribution in [0.15, 0.2) is 24.3 Å². The van der Waals surface area contributed by atoms with E-state index in [9.17, 15) is 0 Å². The fraction of sp³-hybridized carbons (Fsp3) is 0.529. The molecule has 0 radical (unpaired) electrons. The SMILES string of the molecule is C#CCOc1ccccc1CNCC1(C(C)C)CC1. The zero-order chi connectivity index (χ0) is 13.7. The van der Waals surface area contributed by atoms with E-state index >= 15 is 0 Å². The monoisotopic (exact) mass is 257 g/mol. The molecule has 1 N–H and O–H groups in total. The summed E-state index contributed by atoms with van der Waals surface area (Å²) in [4.78, 5) is 0. The lowest BCUT2D eigenvalue weighted by Crippen LogP contribution is -2.27. The van der Waals surface area contributed by atoms with Gasteiger partial charge in [0.25, 0.3) is 0 Å². The van der Waals surface area contributed by atoms with Gasteiger partial charge in [-0.1, -0.05) is 38.0 Å². The van der Waals surface area contributed by atoms with E-state index in [1.807, 2.05) is 18.2 Å². The van der Waals surface area contributed by atoms with Gasteiger partial charge in [0.1, 0.15) is 12.4 Å². The van der Waals surface area contributed by atoms with E-state index in [2.05, 4.69) is 31.2 Å². The molecule has 0 heterocycles. The molecule has 0 unspecified atom stereocenters. The summed E-state index contributed by atoms with van der Waals surface area (Å²) in [5.41, 5.74) is 1.71. The quantitative estimate of drug-likeness (QED) is 0.757. The molecule has 1 aliphatic carbocycles. The van der Waals surface area contributed by atoms with Crippen molar-refractivity contribution in [3.8, 4) is 18.1 Å². The second-order valence-corrected chi connectivity index (χ2v) is 5.72. The van der Waals surface area contributed by atoms with Crippen LogP contribution in [-0.4, -0.2) is 13.2 Å². The van der Waals surface area contributed by atoms with E-state index < -0.39 is 0 Å². The molecule has 0 bridgehead atoms. The predicted molar refractivity (Wildman–Crippen MR) is 79.0 cm³/mol. The molecule has 2 nitrogen and oxygen atoms in total. The van der Waals surface area contributed by atoms with Gasteiger partial charge in [-0.15, -0.1) is 6.42 Å². The van der Waals surface area contributed by atoms with E-state index in [0.717, 1.165) is 24.8 Å². The van der Waals surface area contributed by atoms with Gasteiger partial charge < -0.3 is 10.1 Å². The first-order valence-electron chi connectivity index (χ1n) is 7.03. The van der Waals surface area contributed by atoms with Gasteiger partial charge in [0.2, 0.25) is 0 Å². The first kappa shape index (κ1) is 14.0. The molecule has 1 aromatic rings. The third-order valence-corrected chi connectivity index (χ3v) is 4.19. The van der Waals surface area contributed by atoms with Crippen molar-refractivity contribution < 1.29 is 4.74 Å². The van der Waals surface area contributed by atoms with Gasteiger partial charge in [0.05, 0.1) is 0 Å². The Hall–Kier alpha value is -1.46. The summed E-state index contributed by atoms with van der Waals surface area (Å²) in [5, 5.41) is 3.57. The first-order chi connectivity index (χ1) is 9.18. The Bertz CT molecular complexity index is 455. The summed E-state index contributed by atoms with van der Waals surface area (Å²) in [6.45, 7) is 6.90. The summed E-state index contributed by atoms with van der Waals surface area (Å²) in [6.07, 6.45) is 7.94. The minimum absolute atomic E-state index is 0.326. The zero-order valence-corrected chi connectivity index (χ0v) is 11.9. The topological polar surface area (TPSA) is 21.3 Å². The standard InChI is InChI=1S/C17H23NO/c1-4-11-19-16-8-6-5-7-15(16)12-18-13-17(9-10-17)14(2)3/h1,5-8,14,18H,9-13H2,2-3H3. The van der Waals surface area contributed by atoms with Crippen LogP contribution < -0.4 is 10.1 Å². The minimum atomic E-state index is 0.326. The maximum atomic E-state index is 5.56. The van der Waals surface area contributed by atoms with E-state index in [1.54, 1.807) is 0 Å². The zero-order valence-electron chi connectivity index (χ0n) is 11.9. The van der Waals surface area contributed by atoms with Crippen LogP contribution in [0.25, 0.3) is 0 Å². The van der Waals surface area contributed by atoms with Crippen molar-refractivity contribution in [2.75, 3.05) is 13.2 Å². The summed E-state index contributed by atoms with van der Waals surface area (Å²) >= 11 is 0. The van der Waals surface area contributed by atoms with Crippen LogP contribution in [0.3, 0.4) is 0 Å². The number of benzene rings is 1. The van der Waals surface area contributed by atoms with Crippen LogP contribution in [0.1, 0.15) is 32.3 Å². The van der Waals surface area contributed by atoms with Gasteiger partial charge >= 0.3 is 0 Å². The molecule has 2 heteroatoms. The van der Waals surface area contributed by atoms with Crippen LogP contribution in [0.4, 0.5) is 0 Å². The molecule has 19 heavy (non-hydrogen) atoms. The molecule has 102 valence electrons. The van der Waals surface area contributed by atoms with Crippen LogP contribution in [-0.2, 0) is 6.54 Å². The first-order valence-corrected chi connectivity index (χ1v) is 7.03. The summed E-state index contributed by atoms with van der Waals surface area (Å²) in [6, 6.07) is 8.08. The molecular weight excluding hydrogens is 234 g/mol. The molecule has 0 saturated heterocycles.